The van der Waals surface area contributed by atoms with Crippen molar-refractivity contribution in [2.45, 2.75) is 34.6 Å². The lowest BCUT2D eigenvalue weighted by Crippen LogP contribution is -1.95. The number of pyridine rings is 1. The molecule has 0 amide bonds. The summed E-state index contributed by atoms with van der Waals surface area (Å²) < 4.78 is 5.35. The van der Waals surface area contributed by atoms with Crippen LogP contribution in [0.25, 0.3) is 11.1 Å². The predicted molar refractivity (Wildman–Crippen MR) is 68.7 cm³/mol. The molecule has 0 aliphatic carbocycles. The van der Waals surface area contributed by atoms with Gasteiger partial charge in [0.05, 0.1) is 6.20 Å². The molecule has 0 aromatic carbocycles. The van der Waals surface area contributed by atoms with Crippen molar-refractivity contribution in [3.8, 4) is 0 Å². The number of oxazole rings is 1. The Labute approximate surface area is 97.1 Å². The van der Waals surface area contributed by atoms with Crippen molar-refractivity contribution >= 4 is 17.1 Å². The summed E-state index contributed by atoms with van der Waals surface area (Å²) in [6.45, 7) is 10.8. The summed E-state index contributed by atoms with van der Waals surface area (Å²) in [6.07, 6.45) is 3.36. The number of hydrogen-bond acceptors (Lipinski definition) is 4. The van der Waals surface area contributed by atoms with Crippen molar-refractivity contribution in [2.75, 3.05) is 11.9 Å². The van der Waals surface area contributed by atoms with Gasteiger partial charge >= 0.3 is 0 Å². The smallest absolute Gasteiger partial charge is 0.295 e. The molecule has 2 aromatic heterocycles. The van der Waals surface area contributed by atoms with Gasteiger partial charge in [-0.3, -0.25) is 4.98 Å². The Hall–Kier alpha value is -1.58. The Kier molecular flexibility index (Phi) is 7.85. The summed E-state index contributed by atoms with van der Waals surface area (Å²) in [6, 6.07) is 2.35. The number of fused-ring (bicyclic) bond motifs is 1. The van der Waals surface area contributed by atoms with E-state index in [1.165, 1.54) is 0 Å². The standard InChI is InChI=1S/C8H9N3O.2C2H6/c1-2-10-8-11-6-5-9-4-3-7(6)12-8;2*1-2/h3-5H,2H2,1H3,(H,10,11);2*1-2H3. The van der Waals surface area contributed by atoms with Gasteiger partial charge in [-0.1, -0.05) is 27.7 Å². The van der Waals surface area contributed by atoms with Crippen molar-refractivity contribution in [3.63, 3.8) is 0 Å². The lowest BCUT2D eigenvalue weighted by molar-refractivity contribution is 0.616. The molecular formula is C12H21N3O. The van der Waals surface area contributed by atoms with E-state index in [1.807, 2.05) is 34.6 Å². The van der Waals surface area contributed by atoms with Crippen LogP contribution in [-0.2, 0) is 0 Å². The number of aromatic nitrogens is 2. The summed E-state index contributed by atoms with van der Waals surface area (Å²) in [5.41, 5.74) is 1.55. The Morgan fingerprint density at radius 2 is 1.94 bits per heavy atom. The molecule has 2 heterocycles. The second kappa shape index (κ2) is 8.71. The van der Waals surface area contributed by atoms with Crippen molar-refractivity contribution < 1.29 is 4.42 Å². The first-order valence-electron chi connectivity index (χ1n) is 5.84. The van der Waals surface area contributed by atoms with E-state index in [2.05, 4.69) is 15.3 Å². The van der Waals surface area contributed by atoms with Gasteiger partial charge in [-0.25, -0.2) is 0 Å². The van der Waals surface area contributed by atoms with Gasteiger partial charge in [-0.2, -0.15) is 4.98 Å². The van der Waals surface area contributed by atoms with E-state index in [0.717, 1.165) is 17.6 Å². The van der Waals surface area contributed by atoms with Crippen LogP contribution in [0.3, 0.4) is 0 Å². The number of hydrogen-bond donors (Lipinski definition) is 1. The third-order valence-corrected chi connectivity index (χ3v) is 1.52. The SMILES string of the molecule is CC.CC.CCNc1nc2cnccc2o1. The molecule has 0 fully saturated rings. The first kappa shape index (κ1) is 14.4. The number of rotatable bonds is 2. The van der Waals surface area contributed by atoms with E-state index < -0.39 is 0 Å². The van der Waals surface area contributed by atoms with Gasteiger partial charge in [0.1, 0.15) is 5.52 Å². The Bertz CT molecular complexity index is 351. The molecule has 0 radical (unpaired) electrons. The Morgan fingerprint density at radius 1 is 1.25 bits per heavy atom. The third kappa shape index (κ3) is 3.88. The van der Waals surface area contributed by atoms with E-state index in [-0.39, 0.29) is 0 Å². The molecule has 2 aromatic rings. The van der Waals surface area contributed by atoms with Crippen LogP contribution in [0.1, 0.15) is 34.6 Å². The molecule has 16 heavy (non-hydrogen) atoms. The molecule has 90 valence electrons. The fourth-order valence-electron chi connectivity index (χ4n) is 1.01. The molecule has 4 heteroatoms. The topological polar surface area (TPSA) is 51.0 Å². The first-order chi connectivity index (χ1) is 7.90. The zero-order valence-corrected chi connectivity index (χ0v) is 10.7. The summed E-state index contributed by atoms with van der Waals surface area (Å²) in [4.78, 5) is 8.10. The van der Waals surface area contributed by atoms with Gasteiger partial charge in [0.15, 0.2) is 5.58 Å². The van der Waals surface area contributed by atoms with Crippen LogP contribution < -0.4 is 5.32 Å². The van der Waals surface area contributed by atoms with Crippen LogP contribution in [0.2, 0.25) is 0 Å². The zero-order valence-electron chi connectivity index (χ0n) is 10.7. The van der Waals surface area contributed by atoms with E-state index in [9.17, 15) is 0 Å². The number of nitrogens with zero attached hydrogens (tertiary/aromatic N) is 2. The summed E-state index contributed by atoms with van der Waals surface area (Å²) >= 11 is 0. The molecule has 2 rings (SSSR count). The van der Waals surface area contributed by atoms with Crippen LogP contribution in [0.4, 0.5) is 6.01 Å². The molecule has 0 spiro atoms. The van der Waals surface area contributed by atoms with Gasteiger partial charge in [0, 0.05) is 18.8 Å². The largest absolute Gasteiger partial charge is 0.423 e. The highest BCUT2D eigenvalue weighted by molar-refractivity contribution is 5.72. The predicted octanol–water partition coefficient (Wildman–Crippen LogP) is 3.71. The molecule has 1 N–H and O–H groups in total. The summed E-state index contributed by atoms with van der Waals surface area (Å²) in [7, 11) is 0. The highest BCUT2D eigenvalue weighted by Gasteiger charge is 2.02. The van der Waals surface area contributed by atoms with E-state index in [1.54, 1.807) is 18.5 Å². The zero-order chi connectivity index (χ0) is 12.4. The quantitative estimate of drug-likeness (QED) is 0.843. The number of nitrogens with one attached hydrogen (secondary N) is 1. The van der Waals surface area contributed by atoms with Gasteiger partial charge < -0.3 is 9.73 Å². The average molecular weight is 223 g/mol. The van der Waals surface area contributed by atoms with Gasteiger partial charge in [0.2, 0.25) is 0 Å². The van der Waals surface area contributed by atoms with Crippen LogP contribution >= 0.6 is 0 Å². The normalized spacial score (nSPS) is 8.56. The maximum absolute atomic E-state index is 5.35. The molecule has 0 atom stereocenters. The molecule has 0 saturated heterocycles. The highest BCUT2D eigenvalue weighted by Crippen LogP contribution is 2.16. The van der Waals surface area contributed by atoms with Crippen LogP contribution in [0.15, 0.2) is 22.9 Å². The molecule has 0 unspecified atom stereocenters. The van der Waals surface area contributed by atoms with E-state index in [0.29, 0.717) is 6.01 Å². The maximum atomic E-state index is 5.35. The van der Waals surface area contributed by atoms with E-state index >= 15 is 0 Å². The lowest BCUT2D eigenvalue weighted by atomic mass is 10.4. The minimum absolute atomic E-state index is 0.556. The van der Waals surface area contributed by atoms with Crippen molar-refractivity contribution in [2.24, 2.45) is 0 Å². The third-order valence-electron chi connectivity index (χ3n) is 1.52. The fourth-order valence-corrected chi connectivity index (χ4v) is 1.01. The monoisotopic (exact) mass is 223 g/mol. The Balaban J connectivity index is 0.000000509. The minimum atomic E-state index is 0.556. The van der Waals surface area contributed by atoms with E-state index in [4.69, 9.17) is 4.42 Å². The van der Waals surface area contributed by atoms with Crippen LogP contribution in [-0.4, -0.2) is 16.5 Å². The average Bonchev–Trinajstić information content (AvgIpc) is 2.77. The van der Waals surface area contributed by atoms with Crippen LogP contribution in [0, 0.1) is 0 Å². The molecule has 4 nitrogen and oxygen atoms in total. The van der Waals surface area contributed by atoms with Crippen molar-refractivity contribution in [1.29, 1.82) is 0 Å². The van der Waals surface area contributed by atoms with Crippen molar-refractivity contribution in [1.82, 2.24) is 9.97 Å². The fraction of sp³-hybridized carbons (Fsp3) is 0.500. The number of anilines is 1. The molecular weight excluding hydrogens is 202 g/mol. The second-order valence-electron chi connectivity index (χ2n) is 2.39. The van der Waals surface area contributed by atoms with Gasteiger partial charge in [-0.15, -0.1) is 0 Å². The highest BCUT2D eigenvalue weighted by atomic mass is 16.4. The molecule has 0 bridgehead atoms. The van der Waals surface area contributed by atoms with Crippen LogP contribution in [0.5, 0.6) is 0 Å². The molecule has 0 aliphatic heterocycles. The minimum Gasteiger partial charge on any atom is -0.423 e. The van der Waals surface area contributed by atoms with Gasteiger partial charge in [-0.05, 0) is 6.92 Å². The summed E-state index contributed by atoms with van der Waals surface area (Å²) in [5.74, 6) is 0. The molecule has 0 aliphatic rings. The Morgan fingerprint density at radius 3 is 2.50 bits per heavy atom. The first-order valence-corrected chi connectivity index (χ1v) is 5.84. The molecule has 0 saturated carbocycles. The second-order valence-corrected chi connectivity index (χ2v) is 2.39. The lowest BCUT2D eigenvalue weighted by Gasteiger charge is -1.91. The summed E-state index contributed by atoms with van der Waals surface area (Å²) in [5, 5.41) is 2.99. The van der Waals surface area contributed by atoms with Gasteiger partial charge in [0.25, 0.3) is 6.01 Å². The maximum Gasteiger partial charge on any atom is 0.295 e. The van der Waals surface area contributed by atoms with Crippen molar-refractivity contribution in [3.05, 3.63) is 18.5 Å².